The van der Waals surface area contributed by atoms with E-state index in [2.05, 4.69) is 27.1 Å². The number of nitrogens with one attached hydrogen (secondary N) is 1. The van der Waals surface area contributed by atoms with Gasteiger partial charge in [0.2, 0.25) is 0 Å². The van der Waals surface area contributed by atoms with Crippen molar-refractivity contribution in [3.63, 3.8) is 0 Å². The normalized spacial score (nSPS) is 12.7. The lowest BCUT2D eigenvalue weighted by Gasteiger charge is -2.29. The van der Waals surface area contributed by atoms with Gasteiger partial charge >= 0.3 is 6.09 Å². The molecule has 2 heterocycles. The zero-order chi connectivity index (χ0) is 23.7. The topological polar surface area (TPSA) is 138 Å². The molecular weight excluding hydrogens is 434 g/mol. The van der Waals surface area contributed by atoms with E-state index in [0.717, 1.165) is 22.3 Å². The van der Waals surface area contributed by atoms with Crippen LogP contribution in [0.3, 0.4) is 0 Å². The molecule has 0 atom stereocenters. The molecule has 1 amide bonds. The Labute approximate surface area is 195 Å². The van der Waals surface area contributed by atoms with Crippen molar-refractivity contribution < 1.29 is 19.7 Å². The third kappa shape index (κ3) is 3.74. The lowest BCUT2D eigenvalue weighted by Crippen LogP contribution is -2.44. The molecule has 5 rings (SSSR count). The molecule has 2 aromatic heterocycles. The van der Waals surface area contributed by atoms with Gasteiger partial charge in [0.25, 0.3) is 0 Å². The van der Waals surface area contributed by atoms with Gasteiger partial charge in [-0.25, -0.2) is 14.8 Å². The number of fused-ring (bicyclic) bond motifs is 4. The van der Waals surface area contributed by atoms with Crippen LogP contribution >= 0.6 is 0 Å². The number of aliphatic hydroxyl groups is 2. The molecule has 0 radical (unpaired) electrons. The molecule has 5 N–H and O–H groups in total. The van der Waals surface area contributed by atoms with Crippen LogP contribution < -0.4 is 5.73 Å². The number of hydrogen-bond donors (Lipinski definition) is 4. The first-order chi connectivity index (χ1) is 16.6. The van der Waals surface area contributed by atoms with Crippen LogP contribution in [0.15, 0.2) is 61.1 Å². The number of nitrogen functional groups attached to an aromatic ring is 1. The van der Waals surface area contributed by atoms with Crippen molar-refractivity contribution in [2.24, 2.45) is 0 Å². The van der Waals surface area contributed by atoms with Gasteiger partial charge < -0.3 is 25.7 Å². The number of nitrogens with two attached hydrogens (primary N) is 1. The predicted molar refractivity (Wildman–Crippen MR) is 127 cm³/mol. The van der Waals surface area contributed by atoms with Crippen molar-refractivity contribution in [2.45, 2.75) is 18.5 Å². The first-order valence-corrected chi connectivity index (χ1v) is 11.0. The van der Waals surface area contributed by atoms with Crippen molar-refractivity contribution in [1.82, 2.24) is 19.9 Å². The fourth-order valence-corrected chi connectivity index (χ4v) is 4.59. The van der Waals surface area contributed by atoms with Crippen LogP contribution in [0.1, 0.15) is 22.6 Å². The van der Waals surface area contributed by atoms with Gasteiger partial charge in [0.05, 0.1) is 31.3 Å². The van der Waals surface area contributed by atoms with Crippen LogP contribution in [0.25, 0.3) is 22.2 Å². The molecule has 9 nitrogen and oxygen atoms in total. The van der Waals surface area contributed by atoms with Crippen LogP contribution in [0.4, 0.5) is 10.6 Å². The molecule has 1 aliphatic rings. The second-order valence-corrected chi connectivity index (χ2v) is 8.25. The molecule has 0 saturated heterocycles. The quantitative estimate of drug-likeness (QED) is 0.333. The van der Waals surface area contributed by atoms with Gasteiger partial charge in [-0.2, -0.15) is 0 Å². The van der Waals surface area contributed by atoms with Gasteiger partial charge in [0.15, 0.2) is 5.82 Å². The molecule has 0 bridgehead atoms. The van der Waals surface area contributed by atoms with E-state index in [0.29, 0.717) is 22.4 Å². The average molecular weight is 460 g/mol. The van der Waals surface area contributed by atoms with Gasteiger partial charge in [-0.05, 0) is 22.3 Å². The minimum Gasteiger partial charge on any atom is -0.448 e. The van der Waals surface area contributed by atoms with E-state index in [1.165, 1.54) is 11.2 Å². The Morgan fingerprint density at radius 1 is 1.06 bits per heavy atom. The number of aromatic amines is 1. The second kappa shape index (κ2) is 9.12. The van der Waals surface area contributed by atoms with E-state index in [-0.39, 0.29) is 19.1 Å². The van der Waals surface area contributed by atoms with Crippen LogP contribution in [-0.4, -0.2) is 62.0 Å². The average Bonchev–Trinajstić information content (AvgIpc) is 3.42. The summed E-state index contributed by atoms with van der Waals surface area (Å²) in [4.78, 5) is 25.8. The Morgan fingerprint density at radius 2 is 1.71 bits per heavy atom. The zero-order valence-corrected chi connectivity index (χ0v) is 18.4. The summed E-state index contributed by atoms with van der Waals surface area (Å²) in [6.07, 6.45) is 2.40. The molecule has 1 aliphatic carbocycles. The Morgan fingerprint density at radius 3 is 2.35 bits per heavy atom. The Hall–Kier alpha value is -3.95. The second-order valence-electron chi connectivity index (χ2n) is 8.25. The van der Waals surface area contributed by atoms with Crippen molar-refractivity contribution in [2.75, 3.05) is 25.6 Å². The molecule has 0 fully saturated rings. The number of ether oxygens (including phenoxy) is 1. The number of benzene rings is 2. The third-order valence-corrected chi connectivity index (χ3v) is 6.35. The molecule has 2 aromatic carbocycles. The number of anilines is 1. The number of carbonyl (C=O) groups is 1. The zero-order valence-electron chi connectivity index (χ0n) is 18.4. The highest BCUT2D eigenvalue weighted by atomic mass is 16.6. The molecule has 9 heteroatoms. The first kappa shape index (κ1) is 21.9. The van der Waals surface area contributed by atoms with Crippen LogP contribution in [0.2, 0.25) is 0 Å². The highest BCUT2D eigenvalue weighted by Gasteiger charge is 2.31. The Bertz CT molecular complexity index is 1290. The number of amides is 1. The van der Waals surface area contributed by atoms with E-state index in [1.807, 2.05) is 36.4 Å². The number of rotatable bonds is 7. The standard InChI is InChI=1S/C25H25N5O4/c26-24-23-22(28-14-29-24)15(9-27-23)10-30(16(11-31)12-32)25(33)34-13-21-19-7-3-1-5-17(19)18-6-2-4-8-20(18)21/h1-9,14,16,21,27,31-32H,10-13H2,(H2,26,28,29). The van der Waals surface area contributed by atoms with E-state index >= 15 is 0 Å². The largest absolute Gasteiger partial charge is 0.448 e. The molecule has 34 heavy (non-hydrogen) atoms. The number of hydrogen-bond acceptors (Lipinski definition) is 7. The first-order valence-electron chi connectivity index (χ1n) is 11.0. The fraction of sp³-hybridized carbons (Fsp3) is 0.240. The van der Waals surface area contributed by atoms with Crippen molar-refractivity contribution in [3.05, 3.63) is 77.7 Å². The van der Waals surface area contributed by atoms with Gasteiger partial charge in [-0.3, -0.25) is 4.90 Å². The van der Waals surface area contributed by atoms with Crippen LogP contribution in [-0.2, 0) is 11.3 Å². The number of nitrogens with zero attached hydrogens (tertiary/aromatic N) is 3. The summed E-state index contributed by atoms with van der Waals surface area (Å²) in [5, 5.41) is 19.6. The van der Waals surface area contributed by atoms with E-state index in [9.17, 15) is 15.0 Å². The highest BCUT2D eigenvalue weighted by Crippen LogP contribution is 2.44. The number of aliphatic hydroxyl groups excluding tert-OH is 2. The van der Waals surface area contributed by atoms with E-state index in [1.54, 1.807) is 6.20 Å². The molecule has 0 spiro atoms. The summed E-state index contributed by atoms with van der Waals surface area (Å²) < 4.78 is 5.77. The number of aromatic nitrogens is 3. The summed E-state index contributed by atoms with van der Waals surface area (Å²) in [5.74, 6) is 0.199. The van der Waals surface area contributed by atoms with Crippen molar-refractivity contribution >= 4 is 22.9 Å². The highest BCUT2D eigenvalue weighted by molar-refractivity contribution is 5.87. The van der Waals surface area contributed by atoms with Gasteiger partial charge in [0.1, 0.15) is 18.5 Å². The summed E-state index contributed by atoms with van der Waals surface area (Å²) in [6.45, 7) is -0.630. The maximum Gasteiger partial charge on any atom is 0.410 e. The minimum atomic E-state index is -0.834. The molecule has 0 aliphatic heterocycles. The minimum absolute atomic E-state index is 0.0684. The Kier molecular flexibility index (Phi) is 5.87. The van der Waals surface area contributed by atoms with Gasteiger partial charge in [-0.1, -0.05) is 48.5 Å². The maximum atomic E-state index is 13.2. The van der Waals surface area contributed by atoms with E-state index in [4.69, 9.17) is 10.5 Å². The summed E-state index contributed by atoms with van der Waals surface area (Å²) >= 11 is 0. The monoisotopic (exact) mass is 459 g/mol. The van der Waals surface area contributed by atoms with E-state index < -0.39 is 25.3 Å². The summed E-state index contributed by atoms with van der Waals surface area (Å²) in [5.41, 5.74) is 12.2. The molecule has 0 unspecified atom stereocenters. The Balaban J connectivity index is 1.39. The molecule has 174 valence electrons. The predicted octanol–water partition coefficient (Wildman–Crippen LogP) is 2.64. The molecular formula is C25H25N5O4. The van der Waals surface area contributed by atoms with Gasteiger partial charge in [-0.15, -0.1) is 0 Å². The smallest absolute Gasteiger partial charge is 0.410 e. The van der Waals surface area contributed by atoms with Crippen LogP contribution in [0.5, 0.6) is 0 Å². The van der Waals surface area contributed by atoms with Crippen molar-refractivity contribution in [1.29, 1.82) is 0 Å². The molecule has 4 aromatic rings. The third-order valence-electron chi connectivity index (χ3n) is 6.35. The van der Waals surface area contributed by atoms with Gasteiger partial charge in [0, 0.05) is 17.7 Å². The summed E-state index contributed by atoms with van der Waals surface area (Å²) in [6, 6.07) is 15.3. The lowest BCUT2D eigenvalue weighted by molar-refractivity contribution is 0.0429. The molecule has 0 saturated carbocycles. The maximum absolute atomic E-state index is 13.2. The fourth-order valence-electron chi connectivity index (χ4n) is 4.59. The summed E-state index contributed by atoms with van der Waals surface area (Å²) in [7, 11) is 0. The van der Waals surface area contributed by atoms with Crippen molar-refractivity contribution in [3.8, 4) is 11.1 Å². The number of carbonyl (C=O) groups excluding carboxylic acids is 1. The lowest BCUT2D eigenvalue weighted by atomic mass is 9.98. The van der Waals surface area contributed by atoms with Crippen LogP contribution in [0, 0.1) is 0 Å². The SMILES string of the molecule is Nc1ncnc2c(CN(C(=O)OCC3c4ccccc4-c4ccccc43)C(CO)CO)c[nH]c12. The number of H-pyrrole nitrogens is 1.